The molecule has 1 unspecified atom stereocenters. The fourth-order valence-corrected chi connectivity index (χ4v) is 1.67. The SMILES string of the molecule is CCC(C)[C@H](N)C(=O)N1CCCOCC1. The molecule has 0 aromatic carbocycles. The monoisotopic (exact) mass is 214 g/mol. The van der Waals surface area contributed by atoms with Crippen molar-refractivity contribution >= 4 is 5.91 Å². The molecule has 1 saturated heterocycles. The Balaban J connectivity index is 2.49. The molecule has 1 rings (SSSR count). The van der Waals surface area contributed by atoms with Crippen LogP contribution in [0.3, 0.4) is 0 Å². The molecule has 0 radical (unpaired) electrons. The van der Waals surface area contributed by atoms with Crippen LogP contribution in [0, 0.1) is 5.92 Å². The van der Waals surface area contributed by atoms with Gasteiger partial charge < -0.3 is 15.4 Å². The van der Waals surface area contributed by atoms with Crippen molar-refractivity contribution in [2.24, 2.45) is 11.7 Å². The van der Waals surface area contributed by atoms with Gasteiger partial charge in [-0.15, -0.1) is 0 Å². The maximum absolute atomic E-state index is 12.0. The van der Waals surface area contributed by atoms with Crippen molar-refractivity contribution in [3.8, 4) is 0 Å². The highest BCUT2D eigenvalue weighted by atomic mass is 16.5. The van der Waals surface area contributed by atoms with Gasteiger partial charge in [0.2, 0.25) is 5.91 Å². The average Bonchev–Trinajstić information content (AvgIpc) is 2.54. The van der Waals surface area contributed by atoms with E-state index in [0.29, 0.717) is 13.2 Å². The summed E-state index contributed by atoms with van der Waals surface area (Å²) in [6.07, 6.45) is 1.86. The number of hydrogen-bond donors (Lipinski definition) is 1. The average molecular weight is 214 g/mol. The van der Waals surface area contributed by atoms with E-state index in [1.54, 1.807) is 0 Å². The van der Waals surface area contributed by atoms with Crippen molar-refractivity contribution in [1.29, 1.82) is 0 Å². The van der Waals surface area contributed by atoms with Gasteiger partial charge in [0.15, 0.2) is 0 Å². The van der Waals surface area contributed by atoms with Gasteiger partial charge in [0.1, 0.15) is 0 Å². The van der Waals surface area contributed by atoms with Crippen molar-refractivity contribution in [3.05, 3.63) is 0 Å². The van der Waals surface area contributed by atoms with Crippen LogP contribution in [0.5, 0.6) is 0 Å². The van der Waals surface area contributed by atoms with Crippen molar-refractivity contribution in [2.75, 3.05) is 26.3 Å². The lowest BCUT2D eigenvalue weighted by atomic mass is 9.99. The van der Waals surface area contributed by atoms with E-state index in [2.05, 4.69) is 6.92 Å². The van der Waals surface area contributed by atoms with Gasteiger partial charge in [0.25, 0.3) is 0 Å². The lowest BCUT2D eigenvalue weighted by Gasteiger charge is -2.26. The number of carbonyl (C=O) groups is 1. The third kappa shape index (κ3) is 3.47. The minimum absolute atomic E-state index is 0.0786. The molecule has 0 saturated carbocycles. The number of hydrogen-bond acceptors (Lipinski definition) is 3. The topological polar surface area (TPSA) is 55.6 Å². The van der Waals surface area contributed by atoms with E-state index in [1.165, 1.54) is 0 Å². The summed E-state index contributed by atoms with van der Waals surface area (Å²) in [4.78, 5) is 13.8. The summed E-state index contributed by atoms with van der Waals surface area (Å²) in [5.41, 5.74) is 5.92. The van der Waals surface area contributed by atoms with Crippen molar-refractivity contribution < 1.29 is 9.53 Å². The molecule has 1 fully saturated rings. The van der Waals surface area contributed by atoms with Gasteiger partial charge in [-0.3, -0.25) is 4.79 Å². The molecule has 0 bridgehead atoms. The number of nitrogens with two attached hydrogens (primary N) is 1. The third-order valence-corrected chi connectivity index (χ3v) is 3.08. The van der Waals surface area contributed by atoms with Gasteiger partial charge in [-0.1, -0.05) is 20.3 Å². The highest BCUT2D eigenvalue weighted by molar-refractivity contribution is 5.82. The summed E-state index contributed by atoms with van der Waals surface area (Å²) in [6, 6.07) is -0.354. The molecule has 1 aliphatic rings. The highest BCUT2D eigenvalue weighted by Crippen LogP contribution is 2.10. The largest absolute Gasteiger partial charge is 0.380 e. The van der Waals surface area contributed by atoms with Crippen LogP contribution in [0.4, 0.5) is 0 Å². The van der Waals surface area contributed by atoms with E-state index in [-0.39, 0.29) is 17.9 Å². The Morgan fingerprint density at radius 1 is 1.47 bits per heavy atom. The Morgan fingerprint density at radius 3 is 2.87 bits per heavy atom. The number of carbonyl (C=O) groups excluding carboxylic acids is 1. The molecule has 0 aromatic heterocycles. The van der Waals surface area contributed by atoms with Gasteiger partial charge in [-0.05, 0) is 12.3 Å². The summed E-state index contributed by atoms with van der Waals surface area (Å²) >= 11 is 0. The first-order valence-corrected chi connectivity index (χ1v) is 5.79. The van der Waals surface area contributed by atoms with Crippen molar-refractivity contribution in [3.63, 3.8) is 0 Å². The van der Waals surface area contributed by atoms with E-state index in [0.717, 1.165) is 26.0 Å². The van der Waals surface area contributed by atoms with Gasteiger partial charge in [-0.25, -0.2) is 0 Å². The lowest BCUT2D eigenvalue weighted by molar-refractivity contribution is -0.133. The van der Waals surface area contributed by atoms with E-state index in [1.807, 2.05) is 11.8 Å². The maximum atomic E-state index is 12.0. The molecule has 0 aliphatic carbocycles. The molecule has 2 N–H and O–H groups in total. The zero-order valence-electron chi connectivity index (χ0n) is 9.74. The van der Waals surface area contributed by atoms with Crippen molar-refractivity contribution in [2.45, 2.75) is 32.7 Å². The zero-order valence-corrected chi connectivity index (χ0v) is 9.74. The van der Waals surface area contributed by atoms with Crippen LogP contribution in [-0.2, 0) is 9.53 Å². The maximum Gasteiger partial charge on any atom is 0.239 e. The first-order chi connectivity index (χ1) is 7.16. The number of nitrogens with zero attached hydrogens (tertiary/aromatic N) is 1. The summed E-state index contributed by atoms with van der Waals surface area (Å²) in [5, 5.41) is 0. The first kappa shape index (κ1) is 12.5. The fraction of sp³-hybridized carbons (Fsp3) is 0.909. The molecule has 0 spiro atoms. The van der Waals surface area contributed by atoms with Crippen LogP contribution < -0.4 is 5.73 Å². The molecule has 1 amide bonds. The van der Waals surface area contributed by atoms with Gasteiger partial charge in [0.05, 0.1) is 12.6 Å². The second-order valence-electron chi connectivity index (χ2n) is 4.20. The standard InChI is InChI=1S/C11H22N2O2/c1-3-9(2)10(12)11(14)13-5-4-7-15-8-6-13/h9-10H,3-8,12H2,1-2H3/t9?,10-/m0/s1. The Bertz CT molecular complexity index is 201. The molecule has 1 heterocycles. The number of amides is 1. The minimum Gasteiger partial charge on any atom is -0.380 e. The van der Waals surface area contributed by atoms with E-state index in [4.69, 9.17) is 10.5 Å². The molecule has 2 atom stereocenters. The van der Waals surface area contributed by atoms with Gasteiger partial charge in [0, 0.05) is 19.7 Å². The Hall–Kier alpha value is -0.610. The van der Waals surface area contributed by atoms with E-state index >= 15 is 0 Å². The summed E-state index contributed by atoms with van der Waals surface area (Å²) in [5.74, 6) is 0.330. The van der Waals surface area contributed by atoms with Crippen LogP contribution >= 0.6 is 0 Å². The minimum atomic E-state index is -0.354. The molecular weight excluding hydrogens is 192 g/mol. The van der Waals surface area contributed by atoms with Crippen LogP contribution in [0.2, 0.25) is 0 Å². The molecule has 88 valence electrons. The third-order valence-electron chi connectivity index (χ3n) is 3.08. The Labute approximate surface area is 91.8 Å². The molecule has 4 nitrogen and oxygen atoms in total. The Kier molecular flexibility index (Phi) is 5.05. The number of rotatable bonds is 3. The molecule has 15 heavy (non-hydrogen) atoms. The summed E-state index contributed by atoms with van der Waals surface area (Å²) < 4.78 is 5.31. The fourth-order valence-electron chi connectivity index (χ4n) is 1.67. The predicted octanol–water partition coefficient (Wildman–Crippen LogP) is 0.609. The van der Waals surface area contributed by atoms with Crippen LogP contribution in [-0.4, -0.2) is 43.2 Å². The molecular formula is C11H22N2O2. The van der Waals surface area contributed by atoms with Gasteiger partial charge in [-0.2, -0.15) is 0 Å². The summed E-state index contributed by atoms with van der Waals surface area (Å²) in [6.45, 7) is 6.94. The second-order valence-corrected chi connectivity index (χ2v) is 4.20. The van der Waals surface area contributed by atoms with Crippen LogP contribution in [0.25, 0.3) is 0 Å². The zero-order chi connectivity index (χ0) is 11.3. The molecule has 0 aromatic rings. The van der Waals surface area contributed by atoms with E-state index < -0.39 is 0 Å². The Morgan fingerprint density at radius 2 is 2.20 bits per heavy atom. The summed E-state index contributed by atoms with van der Waals surface area (Å²) in [7, 11) is 0. The quantitative estimate of drug-likeness (QED) is 0.749. The number of ether oxygens (including phenoxy) is 1. The van der Waals surface area contributed by atoms with Crippen molar-refractivity contribution in [1.82, 2.24) is 4.90 Å². The van der Waals surface area contributed by atoms with E-state index in [9.17, 15) is 4.79 Å². The van der Waals surface area contributed by atoms with Crippen LogP contribution in [0.15, 0.2) is 0 Å². The lowest BCUT2D eigenvalue weighted by Crippen LogP contribution is -2.47. The first-order valence-electron chi connectivity index (χ1n) is 5.79. The van der Waals surface area contributed by atoms with Crippen LogP contribution in [0.1, 0.15) is 26.7 Å². The highest BCUT2D eigenvalue weighted by Gasteiger charge is 2.25. The predicted molar refractivity (Wildman–Crippen MR) is 59.4 cm³/mol. The smallest absolute Gasteiger partial charge is 0.239 e. The molecule has 1 aliphatic heterocycles. The second kappa shape index (κ2) is 6.08. The van der Waals surface area contributed by atoms with Gasteiger partial charge >= 0.3 is 0 Å². The molecule has 4 heteroatoms. The normalized spacial score (nSPS) is 21.9.